The summed E-state index contributed by atoms with van der Waals surface area (Å²) in [5.41, 5.74) is 7.97. The molecule has 2 aromatic rings. The van der Waals surface area contributed by atoms with Gasteiger partial charge in [-0.25, -0.2) is 19.2 Å². The van der Waals surface area contributed by atoms with E-state index in [2.05, 4.69) is 0 Å². The number of carbonyl (C=O) groups excluding carboxylic acids is 4. The predicted molar refractivity (Wildman–Crippen MR) is 245 cm³/mol. The molecule has 4 unspecified atom stereocenters. The molecule has 0 aliphatic carbocycles. The molecule has 0 saturated heterocycles. The van der Waals surface area contributed by atoms with Crippen LogP contribution in [0.15, 0.2) is 106 Å². The molecule has 364 valence electrons. The van der Waals surface area contributed by atoms with E-state index in [0.29, 0.717) is 12.2 Å². The Morgan fingerprint density at radius 1 is 0.647 bits per heavy atom. The largest absolute Gasteiger partial charge is 0.463 e. The van der Waals surface area contributed by atoms with Crippen molar-refractivity contribution in [1.29, 1.82) is 0 Å². The van der Waals surface area contributed by atoms with Gasteiger partial charge >= 0.3 is 23.9 Å². The van der Waals surface area contributed by atoms with Gasteiger partial charge < -0.3 is 30.6 Å². The first-order valence-electron chi connectivity index (χ1n) is 20.5. The second-order valence-electron chi connectivity index (χ2n) is 14.9. The van der Waals surface area contributed by atoms with Crippen molar-refractivity contribution in [3.63, 3.8) is 0 Å². The van der Waals surface area contributed by atoms with Crippen LogP contribution in [0.2, 0.25) is 0 Å². The first-order valence-corrected chi connectivity index (χ1v) is 22.8. The van der Waals surface area contributed by atoms with Gasteiger partial charge in [0, 0.05) is 71.5 Å². The molecule has 2 aliphatic heterocycles. The van der Waals surface area contributed by atoms with Gasteiger partial charge in [0.2, 0.25) is 0 Å². The second kappa shape index (κ2) is 24.0. The van der Waals surface area contributed by atoms with Gasteiger partial charge in [-0.05, 0) is 52.7 Å². The number of carbonyl (C=O) groups is 4. The van der Waals surface area contributed by atoms with E-state index in [1.807, 2.05) is 0 Å². The number of non-ortho nitro benzene ring substituents is 2. The number of hydrogen-bond donors (Lipinski definition) is 2. The smallest absolute Gasteiger partial charge is 0.356 e. The van der Waals surface area contributed by atoms with Crippen molar-refractivity contribution >= 4 is 58.8 Å². The normalized spacial score (nSPS) is 17.2. The zero-order valence-corrected chi connectivity index (χ0v) is 39.1. The summed E-state index contributed by atoms with van der Waals surface area (Å²) < 4.78 is 10.6. The summed E-state index contributed by atoms with van der Waals surface area (Å²) in [5.74, 6) is -7.74. The van der Waals surface area contributed by atoms with E-state index in [1.165, 1.54) is 52.0 Å². The maximum atomic E-state index is 13.8. The molecule has 24 nitrogen and oxygen atoms in total. The van der Waals surface area contributed by atoms with Crippen LogP contribution in [0.5, 0.6) is 0 Å². The summed E-state index contributed by atoms with van der Waals surface area (Å²) in [7, 11) is 0. The minimum atomic E-state index is -1.57. The van der Waals surface area contributed by atoms with Crippen LogP contribution in [0.1, 0.15) is 64.5 Å². The molecule has 2 heterocycles. The molecule has 0 aromatic heterocycles. The first-order chi connectivity index (χ1) is 32.1. The van der Waals surface area contributed by atoms with Crippen LogP contribution >= 0.6 is 23.5 Å². The van der Waals surface area contributed by atoms with Gasteiger partial charge in [-0.15, -0.1) is 0 Å². The van der Waals surface area contributed by atoms with E-state index in [0.717, 1.165) is 57.9 Å². The predicted octanol–water partition coefficient (Wildman–Crippen LogP) is 5.29. The Morgan fingerprint density at radius 2 is 1.00 bits per heavy atom. The Labute approximate surface area is 396 Å². The molecule has 68 heavy (non-hydrogen) atoms. The molecule has 4 rings (SSSR count). The summed E-state index contributed by atoms with van der Waals surface area (Å²) >= 11 is 2.32. The van der Waals surface area contributed by atoms with Crippen LogP contribution in [-0.2, 0) is 38.3 Å². The molecular weight excluding hydrogens is 937 g/mol. The average Bonchev–Trinajstić information content (AvgIpc) is 3.27. The molecule has 0 spiro atoms. The Bertz CT molecular complexity index is 2350. The fourth-order valence-electron chi connectivity index (χ4n) is 7.08. The number of thioether (sulfide) groups is 2. The molecule has 2 aromatic carbocycles. The van der Waals surface area contributed by atoms with Crippen molar-refractivity contribution in [2.45, 2.75) is 65.5 Å². The minimum Gasteiger partial charge on any atom is -0.463 e. The van der Waals surface area contributed by atoms with Crippen molar-refractivity contribution in [3.05, 3.63) is 158 Å². The van der Waals surface area contributed by atoms with E-state index in [9.17, 15) is 59.6 Å². The molecule has 0 bridgehead atoms. The lowest BCUT2D eigenvalue weighted by Crippen LogP contribution is -2.38. The van der Waals surface area contributed by atoms with Gasteiger partial charge in [0.05, 0.1) is 55.4 Å². The molecule has 26 heteroatoms. The number of allylic oxidation sites excluding steroid dienone is 4. The maximum absolute atomic E-state index is 13.8. The third-order valence-corrected chi connectivity index (χ3v) is 12.2. The van der Waals surface area contributed by atoms with Crippen LogP contribution in [0.25, 0.3) is 0 Å². The molecule has 4 atom stereocenters. The zero-order chi connectivity index (χ0) is 50.6. The number of benzene rings is 2. The Morgan fingerprint density at radius 3 is 1.29 bits per heavy atom. The molecule has 0 saturated carbocycles. The van der Waals surface area contributed by atoms with E-state index in [1.54, 1.807) is 13.8 Å². The molecular formula is C42H48N8O16S2. The van der Waals surface area contributed by atoms with Crippen LogP contribution in [0.3, 0.4) is 0 Å². The number of rotatable bonds is 22. The van der Waals surface area contributed by atoms with Gasteiger partial charge in [-0.2, -0.15) is 33.7 Å². The minimum absolute atomic E-state index is 0.0224. The number of nitro groups is 4. The highest BCUT2D eigenvalue weighted by atomic mass is 32.2. The first kappa shape index (κ1) is 53.5. The maximum Gasteiger partial charge on any atom is 0.356 e. The monoisotopic (exact) mass is 984 g/mol. The van der Waals surface area contributed by atoms with Crippen molar-refractivity contribution < 1.29 is 58.0 Å². The van der Waals surface area contributed by atoms with E-state index >= 15 is 0 Å². The van der Waals surface area contributed by atoms with Crippen LogP contribution in [0.4, 0.5) is 11.4 Å². The summed E-state index contributed by atoms with van der Waals surface area (Å²) in [6, 6.07) is 8.98. The van der Waals surface area contributed by atoms with Crippen molar-refractivity contribution in [1.82, 2.24) is 10.1 Å². The van der Waals surface area contributed by atoms with Crippen LogP contribution < -0.4 is 11.5 Å². The van der Waals surface area contributed by atoms with Crippen molar-refractivity contribution in [2.75, 3.05) is 36.2 Å². The Balaban J connectivity index is 1.83. The second-order valence-corrected chi connectivity index (χ2v) is 17.0. The average molecular weight is 985 g/mol. The highest BCUT2D eigenvalue weighted by Crippen LogP contribution is 2.46. The number of esters is 2. The number of nitrogens with zero attached hydrogens (tertiary/aromatic N) is 6. The number of nitrogens with two attached hydrogens (primary N) is 2. The van der Waals surface area contributed by atoms with Crippen molar-refractivity contribution in [2.24, 2.45) is 11.5 Å². The summed E-state index contributed by atoms with van der Waals surface area (Å²) in [6.45, 7) is 8.39. The van der Waals surface area contributed by atoms with Crippen molar-refractivity contribution in [3.8, 4) is 0 Å². The Kier molecular flexibility index (Phi) is 18.9. The van der Waals surface area contributed by atoms with Crippen LogP contribution in [0, 0.1) is 40.5 Å². The summed E-state index contributed by atoms with van der Waals surface area (Å²) in [5, 5.41) is 50.7. The van der Waals surface area contributed by atoms with E-state index < -0.39 is 78.2 Å². The van der Waals surface area contributed by atoms with Gasteiger partial charge in [0.25, 0.3) is 22.8 Å². The lowest BCUT2D eigenvalue weighted by Gasteiger charge is -2.34. The van der Waals surface area contributed by atoms with Gasteiger partial charge in [0.1, 0.15) is 23.2 Å². The highest BCUT2D eigenvalue weighted by molar-refractivity contribution is 7.99. The summed E-state index contributed by atoms with van der Waals surface area (Å²) in [6.07, 6.45) is 1.13. The molecule has 0 fully saturated rings. The molecule has 2 aliphatic rings. The third-order valence-electron chi connectivity index (χ3n) is 9.76. The number of nitro benzene ring substituents is 2. The number of hydrogen-bond acceptors (Lipinski definition) is 22. The standard InChI is InChI=1S/C42H48N8O16S2/c1-7-63-41(53)37-31(21-67-19-23(3)43)45(25(5)39(49(59)60)35(37)27-11-9-13-29(17-27)47(55)56)65-33(51)15-16-34(52)66-46-26(6)40(50(61)62)36(28-12-10-14-30(18-28)48(57)58)38(42(54)64-8-2)32(46)22-68-20-24(4)44/h9-18,23-24,35-36H,7-8,19-22,43-44H2,1-6H3/b16-15+. The molecule has 0 radical (unpaired) electrons. The lowest BCUT2D eigenvalue weighted by atomic mass is 9.83. The molecule has 4 N–H and O–H groups in total. The SMILES string of the molecule is CCOC(=O)C1=C(CSCC(C)N)N(OC(=O)/C=C/C(=O)ON2C(C)=C([N+](=O)[O-])C(c3cccc([N+](=O)[O-])c3)C(C(=O)OCC)=C2CSCC(C)N)C(C)=C([N+](=O)[O-])C1c1cccc([N+](=O)[O-])c1. The molecule has 0 amide bonds. The zero-order valence-electron chi connectivity index (χ0n) is 37.5. The van der Waals surface area contributed by atoms with E-state index in [-0.39, 0.29) is 93.4 Å². The van der Waals surface area contributed by atoms with Gasteiger partial charge in [-0.1, -0.05) is 24.3 Å². The fourth-order valence-corrected chi connectivity index (χ4v) is 9.00. The fraction of sp³-hybridized carbons (Fsp3) is 0.381. The number of ether oxygens (including phenoxy) is 2. The topological polar surface area (TPSA) is 336 Å². The van der Waals surface area contributed by atoms with Gasteiger partial charge in [0.15, 0.2) is 0 Å². The Hall–Kier alpha value is -7.16. The van der Waals surface area contributed by atoms with Gasteiger partial charge in [-0.3, -0.25) is 40.5 Å². The lowest BCUT2D eigenvalue weighted by molar-refractivity contribution is -0.433. The summed E-state index contributed by atoms with van der Waals surface area (Å²) in [4.78, 5) is 112. The third kappa shape index (κ3) is 12.8. The highest BCUT2D eigenvalue weighted by Gasteiger charge is 2.48. The van der Waals surface area contributed by atoms with E-state index in [4.69, 9.17) is 30.6 Å². The quantitative estimate of drug-likeness (QED) is 0.0655. The van der Waals surface area contributed by atoms with Crippen LogP contribution in [-0.4, -0.2) is 102 Å². The number of hydroxylamine groups is 4.